The second-order valence-electron chi connectivity index (χ2n) is 4.80. The number of pyridine rings is 1. The molecule has 21 heavy (non-hydrogen) atoms. The van der Waals surface area contributed by atoms with E-state index in [9.17, 15) is 4.79 Å². The van der Waals surface area contributed by atoms with Crippen LogP contribution in [0.3, 0.4) is 0 Å². The highest BCUT2D eigenvalue weighted by Crippen LogP contribution is 2.25. The van der Waals surface area contributed by atoms with Crippen LogP contribution >= 0.6 is 11.6 Å². The Bertz CT molecular complexity index is 617. The SMILES string of the molecule is Cc1ccc(Cl)c(OCC(=O)NC(C)c2cccnc2)c1. The number of carbonyl (C=O) groups is 1. The summed E-state index contributed by atoms with van der Waals surface area (Å²) in [7, 11) is 0. The van der Waals surface area contributed by atoms with Crippen LogP contribution in [0.1, 0.15) is 24.1 Å². The fraction of sp³-hybridized carbons (Fsp3) is 0.250. The standard InChI is InChI=1S/C16H17ClN2O2/c1-11-5-6-14(17)15(8-11)21-10-16(20)19-12(2)13-4-3-7-18-9-13/h3-9,12H,10H2,1-2H3,(H,19,20). The number of carbonyl (C=O) groups excluding carboxylic acids is 1. The van der Waals surface area contributed by atoms with Gasteiger partial charge in [0.1, 0.15) is 5.75 Å². The topological polar surface area (TPSA) is 51.2 Å². The van der Waals surface area contributed by atoms with E-state index in [0.717, 1.165) is 11.1 Å². The maximum absolute atomic E-state index is 11.9. The average molecular weight is 305 g/mol. The second kappa shape index (κ2) is 7.09. The average Bonchev–Trinajstić information content (AvgIpc) is 2.49. The zero-order valence-corrected chi connectivity index (χ0v) is 12.7. The summed E-state index contributed by atoms with van der Waals surface area (Å²) in [5.74, 6) is 0.310. The fourth-order valence-electron chi connectivity index (χ4n) is 1.86. The van der Waals surface area contributed by atoms with Crippen LogP contribution in [-0.2, 0) is 4.79 Å². The molecule has 0 fully saturated rings. The van der Waals surface area contributed by atoms with Crippen LogP contribution < -0.4 is 10.1 Å². The summed E-state index contributed by atoms with van der Waals surface area (Å²) in [5.41, 5.74) is 1.97. The van der Waals surface area contributed by atoms with E-state index in [4.69, 9.17) is 16.3 Å². The lowest BCUT2D eigenvalue weighted by molar-refractivity contribution is -0.123. The van der Waals surface area contributed by atoms with E-state index in [0.29, 0.717) is 10.8 Å². The number of nitrogens with one attached hydrogen (secondary N) is 1. The summed E-state index contributed by atoms with van der Waals surface area (Å²) in [4.78, 5) is 15.9. The molecule has 0 bridgehead atoms. The highest BCUT2D eigenvalue weighted by atomic mass is 35.5. The van der Waals surface area contributed by atoms with E-state index in [1.165, 1.54) is 0 Å². The van der Waals surface area contributed by atoms with Crippen molar-refractivity contribution >= 4 is 17.5 Å². The van der Waals surface area contributed by atoms with Gasteiger partial charge in [-0.05, 0) is 43.2 Å². The molecular formula is C16H17ClN2O2. The predicted octanol–water partition coefficient (Wildman–Crippen LogP) is 3.30. The molecule has 0 saturated heterocycles. The van der Waals surface area contributed by atoms with Crippen LogP contribution in [0, 0.1) is 6.92 Å². The maximum Gasteiger partial charge on any atom is 0.258 e. The third kappa shape index (κ3) is 4.46. The summed E-state index contributed by atoms with van der Waals surface area (Å²) in [6.07, 6.45) is 3.42. The molecule has 4 nitrogen and oxygen atoms in total. The molecule has 2 aromatic rings. The van der Waals surface area contributed by atoms with Gasteiger partial charge in [0.15, 0.2) is 6.61 Å². The van der Waals surface area contributed by atoms with Crippen molar-refractivity contribution in [3.05, 3.63) is 58.9 Å². The Labute approximate surface area is 129 Å². The molecular weight excluding hydrogens is 288 g/mol. The predicted molar refractivity (Wildman–Crippen MR) is 82.5 cm³/mol. The number of ether oxygens (including phenoxy) is 1. The minimum absolute atomic E-state index is 0.0756. The van der Waals surface area contributed by atoms with E-state index in [-0.39, 0.29) is 18.6 Å². The Balaban J connectivity index is 1.89. The van der Waals surface area contributed by atoms with Crippen LogP contribution in [-0.4, -0.2) is 17.5 Å². The van der Waals surface area contributed by atoms with Crippen molar-refractivity contribution in [2.24, 2.45) is 0 Å². The van der Waals surface area contributed by atoms with Gasteiger partial charge in [-0.3, -0.25) is 9.78 Å². The summed E-state index contributed by atoms with van der Waals surface area (Å²) in [5, 5.41) is 3.35. The molecule has 1 aromatic carbocycles. The van der Waals surface area contributed by atoms with Gasteiger partial charge in [0.2, 0.25) is 0 Å². The molecule has 0 radical (unpaired) electrons. The molecule has 2 rings (SSSR count). The van der Waals surface area contributed by atoms with E-state index >= 15 is 0 Å². The van der Waals surface area contributed by atoms with Crippen molar-refractivity contribution in [2.45, 2.75) is 19.9 Å². The molecule has 1 atom stereocenters. The Hall–Kier alpha value is -2.07. The molecule has 0 aliphatic carbocycles. The smallest absolute Gasteiger partial charge is 0.258 e. The van der Waals surface area contributed by atoms with Crippen molar-refractivity contribution in [2.75, 3.05) is 6.61 Å². The number of aromatic nitrogens is 1. The Morgan fingerprint density at radius 3 is 2.95 bits per heavy atom. The zero-order valence-electron chi connectivity index (χ0n) is 12.0. The Kier molecular flexibility index (Phi) is 5.17. The van der Waals surface area contributed by atoms with Crippen LogP contribution in [0.5, 0.6) is 5.75 Å². The number of hydrogen-bond acceptors (Lipinski definition) is 3. The lowest BCUT2D eigenvalue weighted by atomic mass is 10.1. The number of amides is 1. The third-order valence-electron chi connectivity index (χ3n) is 3.01. The van der Waals surface area contributed by atoms with Crippen LogP contribution in [0.25, 0.3) is 0 Å². The van der Waals surface area contributed by atoms with Crippen molar-refractivity contribution < 1.29 is 9.53 Å². The third-order valence-corrected chi connectivity index (χ3v) is 3.32. The molecule has 1 aromatic heterocycles. The van der Waals surface area contributed by atoms with Gasteiger partial charge in [-0.2, -0.15) is 0 Å². The Morgan fingerprint density at radius 1 is 1.43 bits per heavy atom. The van der Waals surface area contributed by atoms with Gasteiger partial charge in [-0.1, -0.05) is 23.7 Å². The number of halogens is 1. The minimum Gasteiger partial charge on any atom is -0.482 e. The van der Waals surface area contributed by atoms with Crippen LogP contribution in [0.2, 0.25) is 5.02 Å². The fourth-order valence-corrected chi connectivity index (χ4v) is 2.04. The second-order valence-corrected chi connectivity index (χ2v) is 5.21. The number of rotatable bonds is 5. The van der Waals surface area contributed by atoms with Gasteiger partial charge in [0.05, 0.1) is 11.1 Å². The monoisotopic (exact) mass is 304 g/mol. The van der Waals surface area contributed by atoms with Crippen molar-refractivity contribution in [3.8, 4) is 5.75 Å². The summed E-state index contributed by atoms with van der Waals surface area (Å²) >= 11 is 6.02. The summed E-state index contributed by atoms with van der Waals surface area (Å²) in [6.45, 7) is 3.76. The maximum atomic E-state index is 11.9. The van der Waals surface area contributed by atoms with Crippen LogP contribution in [0.15, 0.2) is 42.7 Å². The first kappa shape index (κ1) is 15.3. The Morgan fingerprint density at radius 2 is 2.24 bits per heavy atom. The first-order valence-corrected chi connectivity index (χ1v) is 7.02. The number of aryl methyl sites for hydroxylation is 1. The molecule has 0 spiro atoms. The lowest BCUT2D eigenvalue weighted by Crippen LogP contribution is -2.31. The summed E-state index contributed by atoms with van der Waals surface area (Å²) < 4.78 is 5.46. The van der Waals surface area contributed by atoms with Gasteiger partial charge in [-0.25, -0.2) is 0 Å². The molecule has 0 saturated carbocycles. The normalized spacial score (nSPS) is 11.8. The van der Waals surface area contributed by atoms with Gasteiger partial charge in [-0.15, -0.1) is 0 Å². The first-order chi connectivity index (χ1) is 10.1. The molecule has 0 aliphatic heterocycles. The number of hydrogen-bond donors (Lipinski definition) is 1. The number of nitrogens with zero attached hydrogens (tertiary/aromatic N) is 1. The highest BCUT2D eigenvalue weighted by molar-refractivity contribution is 6.32. The largest absolute Gasteiger partial charge is 0.482 e. The molecule has 1 heterocycles. The van der Waals surface area contributed by atoms with E-state index < -0.39 is 0 Å². The quantitative estimate of drug-likeness (QED) is 0.922. The molecule has 110 valence electrons. The summed E-state index contributed by atoms with van der Waals surface area (Å²) in [6, 6.07) is 9.07. The molecule has 1 N–H and O–H groups in total. The highest BCUT2D eigenvalue weighted by Gasteiger charge is 2.11. The first-order valence-electron chi connectivity index (χ1n) is 6.64. The van der Waals surface area contributed by atoms with Crippen molar-refractivity contribution in [3.63, 3.8) is 0 Å². The van der Waals surface area contributed by atoms with E-state index in [1.54, 1.807) is 24.5 Å². The minimum atomic E-state index is -0.205. The zero-order chi connectivity index (χ0) is 15.2. The van der Waals surface area contributed by atoms with E-state index in [2.05, 4.69) is 10.3 Å². The van der Waals surface area contributed by atoms with Crippen molar-refractivity contribution in [1.82, 2.24) is 10.3 Å². The molecule has 5 heteroatoms. The van der Waals surface area contributed by atoms with Crippen LogP contribution in [0.4, 0.5) is 0 Å². The lowest BCUT2D eigenvalue weighted by Gasteiger charge is -2.14. The number of benzene rings is 1. The van der Waals surface area contributed by atoms with Gasteiger partial charge in [0.25, 0.3) is 5.91 Å². The van der Waals surface area contributed by atoms with E-state index in [1.807, 2.05) is 32.0 Å². The van der Waals surface area contributed by atoms with Gasteiger partial charge >= 0.3 is 0 Å². The molecule has 0 aliphatic rings. The van der Waals surface area contributed by atoms with Gasteiger partial charge in [0, 0.05) is 12.4 Å². The molecule has 1 amide bonds. The van der Waals surface area contributed by atoms with Gasteiger partial charge < -0.3 is 10.1 Å². The van der Waals surface area contributed by atoms with Crippen molar-refractivity contribution in [1.29, 1.82) is 0 Å². The molecule has 1 unspecified atom stereocenters.